The molecule has 0 radical (unpaired) electrons. The normalized spacial score (nSPS) is 16.0. The number of hydrogen-bond donors (Lipinski definition) is 1. The van der Waals surface area contributed by atoms with Crippen LogP contribution in [-0.4, -0.2) is 71.2 Å². The van der Waals surface area contributed by atoms with Crippen LogP contribution in [0, 0.1) is 20.8 Å². The molecule has 2 atom stereocenters. The molecule has 3 aromatic heterocycles. The molecule has 0 fully saturated rings. The first-order valence-corrected chi connectivity index (χ1v) is 20.3. The van der Waals surface area contributed by atoms with Gasteiger partial charge in [0.1, 0.15) is 34.3 Å². The predicted molar refractivity (Wildman–Crippen MR) is 222 cm³/mol. The summed E-state index contributed by atoms with van der Waals surface area (Å²) in [6, 6.07) is 21.0. The second-order valence-corrected chi connectivity index (χ2v) is 17.2. The van der Waals surface area contributed by atoms with Crippen molar-refractivity contribution in [3.05, 3.63) is 139 Å². The Kier molecular flexibility index (Phi) is 10.6. The molecule has 8 rings (SSSR count). The van der Waals surface area contributed by atoms with Crippen LogP contribution in [0.1, 0.15) is 101 Å². The highest BCUT2D eigenvalue weighted by atomic mass is 35.5. The van der Waals surface area contributed by atoms with Gasteiger partial charge in [-0.2, -0.15) is 13.2 Å². The molecule has 0 saturated heterocycles. The Labute approximate surface area is 352 Å². The van der Waals surface area contributed by atoms with Crippen LogP contribution in [0.15, 0.2) is 82.8 Å². The van der Waals surface area contributed by atoms with E-state index in [1.807, 2.05) is 105 Å². The molecule has 6 aromatic rings. The molecule has 0 aliphatic carbocycles. The zero-order chi connectivity index (χ0) is 42.7. The third-order valence-electron chi connectivity index (χ3n) is 10.2. The maximum absolute atomic E-state index is 13.4. The smallest absolute Gasteiger partial charge is 0.460 e. The molecule has 12 nitrogen and oxygen atoms in total. The van der Waals surface area contributed by atoms with Crippen LogP contribution in [0.25, 0.3) is 10.7 Å². The first-order valence-electron chi connectivity index (χ1n) is 19.1. The quantitative estimate of drug-likeness (QED) is 0.152. The Bertz CT molecular complexity index is 2710. The van der Waals surface area contributed by atoms with E-state index >= 15 is 0 Å². The zero-order valence-corrected chi connectivity index (χ0v) is 35.0. The van der Waals surface area contributed by atoms with Gasteiger partial charge >= 0.3 is 18.1 Å². The summed E-state index contributed by atoms with van der Waals surface area (Å²) >= 11 is 7.73. The third-order valence-corrected chi connectivity index (χ3v) is 11.6. The fourth-order valence-electron chi connectivity index (χ4n) is 7.37. The number of aryl methyl sites for hydroxylation is 2. The first kappa shape index (κ1) is 40.8. The highest BCUT2D eigenvalue weighted by Crippen LogP contribution is 2.40. The second-order valence-electron chi connectivity index (χ2n) is 15.6. The lowest BCUT2D eigenvalue weighted by molar-refractivity contribution is -0.173. The minimum absolute atomic E-state index is 0.0447. The lowest BCUT2D eigenvalue weighted by Crippen LogP contribution is -2.39. The van der Waals surface area contributed by atoms with Crippen LogP contribution >= 0.6 is 22.9 Å². The number of para-hydroxylation sites is 1. The lowest BCUT2D eigenvalue weighted by atomic mass is 9.98. The summed E-state index contributed by atoms with van der Waals surface area (Å²) in [5.74, 6) is -0.478. The van der Waals surface area contributed by atoms with E-state index in [0.29, 0.717) is 51.7 Å². The van der Waals surface area contributed by atoms with Crippen molar-refractivity contribution in [2.24, 2.45) is 9.98 Å². The molecule has 0 spiro atoms. The number of halogens is 4. The van der Waals surface area contributed by atoms with E-state index in [4.69, 9.17) is 26.3 Å². The summed E-state index contributed by atoms with van der Waals surface area (Å²) in [5.41, 5.74) is 6.29. The number of aromatic nitrogens is 6. The van der Waals surface area contributed by atoms with Gasteiger partial charge in [-0.05, 0) is 70.9 Å². The van der Waals surface area contributed by atoms with Gasteiger partial charge < -0.3 is 10.1 Å². The number of fused-ring (bicyclic) bond motifs is 6. The van der Waals surface area contributed by atoms with E-state index in [2.05, 4.69) is 20.4 Å². The average Bonchev–Trinajstić information content (AvgIpc) is 3.81. The monoisotopic (exact) mass is 853 g/mol. The summed E-state index contributed by atoms with van der Waals surface area (Å²) in [6.07, 6.45) is -4.83. The van der Waals surface area contributed by atoms with Crippen molar-refractivity contribution in [2.45, 2.75) is 78.2 Å². The molecule has 2 aliphatic rings. The molecule has 0 saturated carbocycles. The average molecular weight is 854 g/mol. The fraction of sp³-hybridized carbons (Fsp3) is 0.302. The number of alkyl halides is 3. The molecule has 2 aliphatic heterocycles. The Hall–Kier alpha value is -6.00. The van der Waals surface area contributed by atoms with Gasteiger partial charge in [-0.25, -0.2) is 0 Å². The van der Waals surface area contributed by atoms with Crippen molar-refractivity contribution in [1.29, 1.82) is 0 Å². The highest BCUT2D eigenvalue weighted by molar-refractivity contribution is 7.15. The maximum atomic E-state index is 13.4. The summed E-state index contributed by atoms with van der Waals surface area (Å²) in [5, 5.41) is 21.1. The number of benzene rings is 3. The maximum Gasteiger partial charge on any atom is 0.471 e. The summed E-state index contributed by atoms with van der Waals surface area (Å²) in [4.78, 5) is 36.4. The van der Waals surface area contributed by atoms with Crippen molar-refractivity contribution >= 4 is 46.2 Å². The number of carbonyl (C=O) groups excluding carboxylic acids is 2. The van der Waals surface area contributed by atoms with Crippen molar-refractivity contribution in [3.8, 4) is 10.7 Å². The van der Waals surface area contributed by atoms with E-state index < -0.39 is 42.3 Å². The van der Waals surface area contributed by atoms with E-state index in [9.17, 15) is 22.8 Å². The Morgan fingerprint density at radius 3 is 2.15 bits per heavy atom. The lowest BCUT2D eigenvalue weighted by Gasteiger charge is -2.21. The number of hydrogen-bond acceptors (Lipinski definition) is 10. The number of rotatable bonds is 8. The third kappa shape index (κ3) is 7.88. The topological polar surface area (TPSA) is 142 Å². The van der Waals surface area contributed by atoms with Crippen LogP contribution in [0.3, 0.4) is 0 Å². The van der Waals surface area contributed by atoms with E-state index in [-0.39, 0.29) is 6.42 Å². The number of thiophene rings is 1. The zero-order valence-electron chi connectivity index (χ0n) is 33.4. The molecule has 1 N–H and O–H groups in total. The Morgan fingerprint density at radius 1 is 0.817 bits per heavy atom. The van der Waals surface area contributed by atoms with Gasteiger partial charge in [0, 0.05) is 45.1 Å². The van der Waals surface area contributed by atoms with Crippen LogP contribution < -0.4 is 5.32 Å². The van der Waals surface area contributed by atoms with E-state index in [0.717, 1.165) is 43.4 Å². The molecular formula is C43H39ClF3N9O3S. The van der Waals surface area contributed by atoms with Gasteiger partial charge in [0.15, 0.2) is 11.6 Å². The highest BCUT2D eigenvalue weighted by Gasteiger charge is 2.40. The van der Waals surface area contributed by atoms with Crippen molar-refractivity contribution in [1.82, 2.24) is 34.8 Å². The molecule has 5 heterocycles. The van der Waals surface area contributed by atoms with Crippen LogP contribution in [0.5, 0.6) is 0 Å². The largest absolute Gasteiger partial charge is 0.471 e. The number of amides is 1. The number of carbonyl (C=O) groups is 2. The van der Waals surface area contributed by atoms with Gasteiger partial charge in [-0.1, -0.05) is 66.2 Å². The minimum Gasteiger partial charge on any atom is -0.460 e. The number of ether oxygens (including phenoxy) is 1. The van der Waals surface area contributed by atoms with E-state index in [1.54, 1.807) is 24.3 Å². The van der Waals surface area contributed by atoms with Crippen molar-refractivity contribution in [2.75, 3.05) is 6.54 Å². The first-order chi connectivity index (χ1) is 28.5. The molecule has 0 unspecified atom stereocenters. The van der Waals surface area contributed by atoms with Crippen LogP contribution in [0.2, 0.25) is 5.02 Å². The van der Waals surface area contributed by atoms with Gasteiger partial charge in [0.2, 0.25) is 0 Å². The molecule has 0 bridgehead atoms. The SMILES string of the molecule is Cc1sc2c(c1C)C(c1ccc(Cl)cc1)=N[C@@H](CNC(=O)C(F)(F)F)c1nnc(Cc3ccc(C4=N[C@@H](CC(=O)OC(C)(C)C)c5nnc(C)n5-c5ccccc54)cc3)n1-2. The molecule has 3 aromatic carbocycles. The minimum atomic E-state index is -5.08. The number of nitrogens with zero attached hydrogens (tertiary/aromatic N) is 8. The van der Waals surface area contributed by atoms with Gasteiger partial charge in [-0.3, -0.25) is 28.7 Å². The number of esters is 1. The molecular weight excluding hydrogens is 815 g/mol. The predicted octanol–water partition coefficient (Wildman–Crippen LogP) is 8.27. The molecule has 17 heteroatoms. The number of aliphatic imine (C=N–C) groups is 2. The summed E-state index contributed by atoms with van der Waals surface area (Å²) in [6.45, 7) is 10.8. The van der Waals surface area contributed by atoms with Gasteiger partial charge in [-0.15, -0.1) is 31.7 Å². The molecule has 60 heavy (non-hydrogen) atoms. The molecule has 1 amide bonds. The van der Waals surface area contributed by atoms with Crippen molar-refractivity contribution < 1.29 is 27.5 Å². The standard InChI is InChI=1S/C43H39ClF3N9O3S/c1-22-23(2)60-40-35(22)37(27-15-17-28(44)18-16-27)50-31(21-48-41(58)43(45,46)47)39-54-52-33(56(39)40)19-25-11-13-26(14-12-25)36-29-9-7-8-10-32(29)55-24(3)51-53-38(55)30(49-36)20-34(57)59-42(4,5)6/h7-18,30-31H,19-21H2,1-6H3,(H,48,58)/t30-,31-/m0/s1. The van der Waals surface area contributed by atoms with Crippen molar-refractivity contribution in [3.63, 3.8) is 0 Å². The Balaban J connectivity index is 1.18. The Morgan fingerprint density at radius 2 is 1.45 bits per heavy atom. The second kappa shape index (κ2) is 15.6. The van der Waals surface area contributed by atoms with E-state index in [1.165, 1.54) is 11.3 Å². The summed E-state index contributed by atoms with van der Waals surface area (Å²) < 4.78 is 49.6. The van der Waals surface area contributed by atoms with Crippen LogP contribution in [-0.2, 0) is 20.7 Å². The molecule has 308 valence electrons. The van der Waals surface area contributed by atoms with Gasteiger partial charge in [0.25, 0.3) is 0 Å². The fourth-order valence-corrected chi connectivity index (χ4v) is 8.69. The summed E-state index contributed by atoms with van der Waals surface area (Å²) in [7, 11) is 0. The number of nitrogens with one attached hydrogen (secondary N) is 1. The van der Waals surface area contributed by atoms with Crippen LogP contribution in [0.4, 0.5) is 13.2 Å². The van der Waals surface area contributed by atoms with Gasteiger partial charge in [0.05, 0.1) is 23.5 Å².